The molecule has 0 saturated carbocycles. The Labute approximate surface area is 159 Å². The zero-order chi connectivity index (χ0) is 19.8. The van der Waals surface area contributed by atoms with Crippen molar-refractivity contribution >= 4 is 18.0 Å². The molecule has 2 aromatic rings. The van der Waals surface area contributed by atoms with Crippen LogP contribution >= 0.6 is 0 Å². The Balaban J connectivity index is 2.01. The van der Waals surface area contributed by atoms with Crippen LogP contribution in [0.3, 0.4) is 0 Å². The van der Waals surface area contributed by atoms with E-state index in [4.69, 9.17) is 4.74 Å². The van der Waals surface area contributed by atoms with Crippen LogP contribution in [0, 0.1) is 18.3 Å². The molecule has 2 aromatic carbocycles. The molecule has 1 amide bonds. The number of carbonyl (C=O) groups excluding carboxylic acids is 2. The zero-order valence-electron chi connectivity index (χ0n) is 15.7. The van der Waals surface area contributed by atoms with Crippen LogP contribution < -0.4 is 0 Å². The maximum atomic E-state index is 12.4. The van der Waals surface area contributed by atoms with Crippen molar-refractivity contribution < 1.29 is 14.3 Å². The molecular formula is C22H22N2O3. The van der Waals surface area contributed by atoms with Gasteiger partial charge in [0.15, 0.2) is 6.10 Å². The van der Waals surface area contributed by atoms with E-state index in [0.29, 0.717) is 12.1 Å². The highest BCUT2D eigenvalue weighted by molar-refractivity contribution is 5.99. The summed E-state index contributed by atoms with van der Waals surface area (Å²) in [6, 6.07) is 18.7. The third-order valence-corrected chi connectivity index (χ3v) is 4.00. The summed E-state index contributed by atoms with van der Waals surface area (Å²) in [5.41, 5.74) is 2.62. The molecule has 0 unspecified atom stereocenters. The first kappa shape index (κ1) is 19.9. The van der Waals surface area contributed by atoms with E-state index in [-0.39, 0.29) is 11.5 Å². The van der Waals surface area contributed by atoms with E-state index in [0.717, 1.165) is 11.1 Å². The monoisotopic (exact) mass is 362 g/mol. The van der Waals surface area contributed by atoms with Crippen molar-refractivity contribution in [2.24, 2.45) is 0 Å². The Bertz CT molecular complexity index is 865. The number of ether oxygens (including phenoxy) is 1. The van der Waals surface area contributed by atoms with Crippen LogP contribution in [0.4, 0.5) is 0 Å². The van der Waals surface area contributed by atoms with Gasteiger partial charge in [-0.2, -0.15) is 5.26 Å². The summed E-state index contributed by atoms with van der Waals surface area (Å²) in [4.78, 5) is 26.2. The normalized spacial score (nSPS) is 12.0. The molecule has 0 aliphatic heterocycles. The van der Waals surface area contributed by atoms with Gasteiger partial charge in [-0.15, -0.1) is 0 Å². The molecular weight excluding hydrogens is 340 g/mol. The number of likely N-dealkylation sites (N-methyl/N-ethyl adjacent to an activating group) is 1. The van der Waals surface area contributed by atoms with Crippen molar-refractivity contribution in [3.05, 3.63) is 76.9 Å². The minimum absolute atomic E-state index is 0.149. The van der Waals surface area contributed by atoms with E-state index in [1.165, 1.54) is 17.9 Å². The van der Waals surface area contributed by atoms with Gasteiger partial charge in [-0.25, -0.2) is 4.79 Å². The van der Waals surface area contributed by atoms with Gasteiger partial charge in [-0.05, 0) is 31.1 Å². The van der Waals surface area contributed by atoms with E-state index in [9.17, 15) is 14.9 Å². The van der Waals surface area contributed by atoms with Crippen LogP contribution in [0.1, 0.15) is 23.6 Å². The molecule has 0 bridgehead atoms. The second kappa shape index (κ2) is 9.35. The Morgan fingerprint density at radius 3 is 2.37 bits per heavy atom. The maximum Gasteiger partial charge on any atom is 0.349 e. The Morgan fingerprint density at radius 2 is 1.78 bits per heavy atom. The maximum absolute atomic E-state index is 12.4. The zero-order valence-corrected chi connectivity index (χ0v) is 15.7. The first-order chi connectivity index (χ1) is 12.9. The van der Waals surface area contributed by atoms with Crippen molar-refractivity contribution in [1.29, 1.82) is 5.26 Å². The van der Waals surface area contributed by atoms with Crippen LogP contribution in [0.25, 0.3) is 6.08 Å². The minimum Gasteiger partial charge on any atom is -0.448 e. The lowest BCUT2D eigenvalue weighted by molar-refractivity contribution is -0.155. The van der Waals surface area contributed by atoms with Gasteiger partial charge in [0.05, 0.1) is 0 Å². The standard InChI is InChI=1S/C22H22N2O3/c1-16-9-11-18(12-10-16)13-20(14-23)22(26)27-17(2)21(25)24(3)15-19-7-5-4-6-8-19/h4-13,17H,15H2,1-3H3/b20-13+/t17-/m1/s1. The van der Waals surface area contributed by atoms with Crippen molar-refractivity contribution in [3.63, 3.8) is 0 Å². The lowest BCUT2D eigenvalue weighted by atomic mass is 10.1. The number of hydrogen-bond acceptors (Lipinski definition) is 4. The Hall–Kier alpha value is -3.39. The van der Waals surface area contributed by atoms with Crippen molar-refractivity contribution in [2.75, 3.05) is 7.05 Å². The van der Waals surface area contributed by atoms with Crippen molar-refractivity contribution in [3.8, 4) is 6.07 Å². The smallest absolute Gasteiger partial charge is 0.349 e. The van der Waals surface area contributed by atoms with Crippen molar-refractivity contribution in [1.82, 2.24) is 4.90 Å². The molecule has 0 heterocycles. The highest BCUT2D eigenvalue weighted by Gasteiger charge is 2.23. The van der Waals surface area contributed by atoms with Gasteiger partial charge in [0.2, 0.25) is 0 Å². The number of esters is 1. The van der Waals surface area contributed by atoms with Crippen LogP contribution in [0.5, 0.6) is 0 Å². The van der Waals surface area contributed by atoms with Crippen LogP contribution in [-0.4, -0.2) is 29.9 Å². The summed E-state index contributed by atoms with van der Waals surface area (Å²) < 4.78 is 5.20. The molecule has 0 aliphatic rings. The lowest BCUT2D eigenvalue weighted by Crippen LogP contribution is -2.37. The number of hydrogen-bond donors (Lipinski definition) is 0. The number of carbonyl (C=O) groups is 2. The largest absolute Gasteiger partial charge is 0.448 e. The van der Waals surface area contributed by atoms with Gasteiger partial charge in [0, 0.05) is 13.6 Å². The second-order valence-corrected chi connectivity index (χ2v) is 6.31. The predicted octanol–water partition coefficient (Wildman–Crippen LogP) is 3.49. The first-order valence-corrected chi connectivity index (χ1v) is 8.59. The number of aryl methyl sites for hydroxylation is 1. The average Bonchev–Trinajstić information content (AvgIpc) is 2.67. The highest BCUT2D eigenvalue weighted by atomic mass is 16.5. The van der Waals surface area contributed by atoms with E-state index < -0.39 is 12.1 Å². The number of nitrogens with zero attached hydrogens (tertiary/aromatic N) is 2. The second-order valence-electron chi connectivity index (χ2n) is 6.31. The Kier molecular flexibility index (Phi) is 6.90. The summed E-state index contributed by atoms with van der Waals surface area (Å²) >= 11 is 0. The van der Waals surface area contributed by atoms with Gasteiger partial charge < -0.3 is 9.64 Å². The van der Waals surface area contributed by atoms with E-state index in [2.05, 4.69) is 0 Å². The number of benzene rings is 2. The molecule has 138 valence electrons. The van der Waals surface area contributed by atoms with Gasteiger partial charge in [-0.3, -0.25) is 4.79 Å². The minimum atomic E-state index is -0.985. The molecule has 5 nitrogen and oxygen atoms in total. The topological polar surface area (TPSA) is 70.4 Å². The average molecular weight is 362 g/mol. The summed E-state index contributed by atoms with van der Waals surface area (Å²) in [5.74, 6) is -1.15. The fraction of sp³-hybridized carbons (Fsp3) is 0.227. The molecule has 5 heteroatoms. The van der Waals surface area contributed by atoms with E-state index in [1.807, 2.05) is 67.6 Å². The Morgan fingerprint density at radius 1 is 1.15 bits per heavy atom. The van der Waals surface area contributed by atoms with E-state index in [1.54, 1.807) is 7.05 Å². The molecule has 0 spiro atoms. The fourth-order valence-electron chi connectivity index (χ4n) is 2.49. The summed E-state index contributed by atoms with van der Waals surface area (Å²) in [5, 5.41) is 9.25. The number of amides is 1. The molecule has 1 atom stereocenters. The van der Waals surface area contributed by atoms with Crippen LogP contribution in [0.15, 0.2) is 60.2 Å². The molecule has 0 N–H and O–H groups in total. The van der Waals surface area contributed by atoms with Crippen LogP contribution in [-0.2, 0) is 20.9 Å². The predicted molar refractivity (Wildman–Crippen MR) is 103 cm³/mol. The van der Waals surface area contributed by atoms with Crippen LogP contribution in [0.2, 0.25) is 0 Å². The highest BCUT2D eigenvalue weighted by Crippen LogP contribution is 2.12. The molecule has 0 radical (unpaired) electrons. The molecule has 2 rings (SSSR count). The summed E-state index contributed by atoms with van der Waals surface area (Å²) in [6.45, 7) is 3.86. The lowest BCUT2D eigenvalue weighted by Gasteiger charge is -2.21. The molecule has 0 saturated heterocycles. The summed E-state index contributed by atoms with van der Waals surface area (Å²) in [6.07, 6.45) is 0.466. The number of nitriles is 1. The molecule has 0 aliphatic carbocycles. The third kappa shape index (κ3) is 5.82. The molecule has 27 heavy (non-hydrogen) atoms. The first-order valence-electron chi connectivity index (χ1n) is 8.59. The van der Waals surface area contributed by atoms with Gasteiger partial charge in [0.1, 0.15) is 11.6 Å². The quantitative estimate of drug-likeness (QED) is 0.448. The van der Waals surface area contributed by atoms with Gasteiger partial charge in [0.25, 0.3) is 5.91 Å². The molecule has 0 aromatic heterocycles. The fourth-order valence-corrected chi connectivity index (χ4v) is 2.49. The molecule has 0 fully saturated rings. The SMILES string of the molecule is Cc1ccc(/C=C(\C#N)C(=O)O[C@H](C)C(=O)N(C)Cc2ccccc2)cc1. The van der Waals surface area contributed by atoms with E-state index >= 15 is 0 Å². The van der Waals surface area contributed by atoms with Crippen molar-refractivity contribution in [2.45, 2.75) is 26.5 Å². The van der Waals surface area contributed by atoms with Gasteiger partial charge >= 0.3 is 5.97 Å². The van der Waals surface area contributed by atoms with Gasteiger partial charge in [-0.1, -0.05) is 60.2 Å². The number of rotatable bonds is 6. The summed E-state index contributed by atoms with van der Waals surface area (Å²) in [7, 11) is 1.65. The third-order valence-electron chi connectivity index (χ3n) is 4.00.